The monoisotopic (exact) mass is 367 g/mol. The van der Waals surface area contributed by atoms with E-state index in [4.69, 9.17) is 9.15 Å². The number of hydrogen-bond donors (Lipinski definition) is 3. The van der Waals surface area contributed by atoms with Crippen LogP contribution in [0.1, 0.15) is 25.6 Å². The van der Waals surface area contributed by atoms with E-state index < -0.39 is 6.03 Å². The van der Waals surface area contributed by atoms with Crippen molar-refractivity contribution in [1.82, 2.24) is 5.32 Å². The Labute approximate surface area is 156 Å². The van der Waals surface area contributed by atoms with Crippen molar-refractivity contribution in [3.05, 3.63) is 54.3 Å². The fraction of sp³-hybridized carbons (Fsp3) is 0.200. The summed E-state index contributed by atoms with van der Waals surface area (Å²) in [4.78, 5) is 23.6. The molecule has 3 N–H and O–H groups in total. The SMILES string of the molecule is COc1ccc(NC(C)=O)cc1NC(=O)N[C@H](C)c1cc2ccccc2o1. The highest BCUT2D eigenvalue weighted by Gasteiger charge is 2.15. The van der Waals surface area contributed by atoms with Crippen LogP contribution in [0.4, 0.5) is 16.2 Å². The maximum atomic E-state index is 12.4. The highest BCUT2D eigenvalue weighted by Crippen LogP contribution is 2.28. The van der Waals surface area contributed by atoms with E-state index in [1.807, 2.05) is 37.3 Å². The van der Waals surface area contributed by atoms with Crippen molar-refractivity contribution in [3.8, 4) is 5.75 Å². The van der Waals surface area contributed by atoms with E-state index in [2.05, 4.69) is 16.0 Å². The minimum Gasteiger partial charge on any atom is -0.495 e. The van der Waals surface area contributed by atoms with Crippen molar-refractivity contribution >= 4 is 34.3 Å². The smallest absolute Gasteiger partial charge is 0.319 e. The Morgan fingerprint density at radius 2 is 1.85 bits per heavy atom. The number of urea groups is 1. The molecule has 0 aliphatic heterocycles. The van der Waals surface area contributed by atoms with Gasteiger partial charge in [-0.05, 0) is 37.3 Å². The maximum absolute atomic E-state index is 12.4. The third-order valence-electron chi connectivity index (χ3n) is 3.99. The molecule has 0 fully saturated rings. The topological polar surface area (TPSA) is 92.6 Å². The zero-order valence-electron chi connectivity index (χ0n) is 15.3. The molecule has 1 aromatic heterocycles. The molecule has 3 amide bonds. The summed E-state index contributed by atoms with van der Waals surface area (Å²) in [5, 5.41) is 9.22. The lowest BCUT2D eigenvalue weighted by Gasteiger charge is -2.15. The van der Waals surface area contributed by atoms with Crippen LogP contribution >= 0.6 is 0 Å². The third kappa shape index (κ3) is 4.38. The number of fused-ring (bicyclic) bond motifs is 1. The van der Waals surface area contributed by atoms with Crippen LogP contribution in [0.5, 0.6) is 5.75 Å². The second-order valence-corrected chi connectivity index (χ2v) is 6.10. The molecular formula is C20H21N3O4. The van der Waals surface area contributed by atoms with Gasteiger partial charge in [0.2, 0.25) is 5.91 Å². The Morgan fingerprint density at radius 3 is 2.56 bits per heavy atom. The number of amides is 3. The van der Waals surface area contributed by atoms with Crippen molar-refractivity contribution < 1.29 is 18.7 Å². The average Bonchev–Trinajstić information content (AvgIpc) is 3.05. The van der Waals surface area contributed by atoms with Gasteiger partial charge in [0.15, 0.2) is 0 Å². The minimum absolute atomic E-state index is 0.200. The number of anilines is 2. The molecule has 27 heavy (non-hydrogen) atoms. The number of furan rings is 1. The Kier molecular flexibility index (Phi) is 5.30. The number of nitrogens with one attached hydrogen (secondary N) is 3. The Balaban J connectivity index is 1.71. The number of benzene rings is 2. The van der Waals surface area contributed by atoms with Crippen LogP contribution < -0.4 is 20.7 Å². The van der Waals surface area contributed by atoms with Gasteiger partial charge in [0.1, 0.15) is 17.1 Å². The van der Waals surface area contributed by atoms with E-state index in [0.29, 0.717) is 22.9 Å². The zero-order valence-corrected chi connectivity index (χ0v) is 15.3. The van der Waals surface area contributed by atoms with E-state index in [-0.39, 0.29) is 11.9 Å². The van der Waals surface area contributed by atoms with E-state index in [9.17, 15) is 9.59 Å². The van der Waals surface area contributed by atoms with Crippen molar-refractivity contribution in [1.29, 1.82) is 0 Å². The van der Waals surface area contributed by atoms with Crippen molar-refractivity contribution in [2.24, 2.45) is 0 Å². The summed E-state index contributed by atoms with van der Waals surface area (Å²) in [6, 6.07) is 13.8. The number of para-hydroxylation sites is 1. The second kappa shape index (κ2) is 7.82. The van der Waals surface area contributed by atoms with Gasteiger partial charge in [-0.15, -0.1) is 0 Å². The molecule has 0 saturated heterocycles. The van der Waals surface area contributed by atoms with Crippen molar-refractivity contribution in [3.63, 3.8) is 0 Å². The van der Waals surface area contributed by atoms with Gasteiger partial charge in [0.05, 0.1) is 18.8 Å². The highest BCUT2D eigenvalue weighted by molar-refractivity contribution is 5.94. The minimum atomic E-state index is -0.416. The summed E-state index contributed by atoms with van der Waals surface area (Å²) in [7, 11) is 1.51. The van der Waals surface area contributed by atoms with Crippen LogP contribution in [0.3, 0.4) is 0 Å². The number of carbonyl (C=O) groups is 2. The number of methoxy groups -OCH3 is 1. The van der Waals surface area contributed by atoms with Crippen LogP contribution in [0.25, 0.3) is 11.0 Å². The number of hydrogen-bond acceptors (Lipinski definition) is 4. The first-order valence-corrected chi connectivity index (χ1v) is 8.48. The van der Waals surface area contributed by atoms with Gasteiger partial charge in [-0.1, -0.05) is 18.2 Å². The second-order valence-electron chi connectivity index (χ2n) is 6.10. The Hall–Kier alpha value is -3.48. The fourth-order valence-corrected chi connectivity index (χ4v) is 2.73. The van der Waals surface area contributed by atoms with Crippen LogP contribution in [-0.4, -0.2) is 19.0 Å². The molecule has 1 atom stereocenters. The van der Waals surface area contributed by atoms with Gasteiger partial charge < -0.3 is 25.1 Å². The number of rotatable bonds is 5. The van der Waals surface area contributed by atoms with Gasteiger partial charge in [-0.2, -0.15) is 0 Å². The normalized spacial score (nSPS) is 11.7. The van der Waals surface area contributed by atoms with Gasteiger partial charge in [0.25, 0.3) is 0 Å². The molecule has 7 nitrogen and oxygen atoms in total. The molecule has 0 aliphatic carbocycles. The van der Waals surface area contributed by atoms with Crippen LogP contribution in [0, 0.1) is 0 Å². The average molecular weight is 367 g/mol. The molecule has 1 heterocycles. The third-order valence-corrected chi connectivity index (χ3v) is 3.99. The summed E-state index contributed by atoms with van der Waals surface area (Å²) in [6.45, 7) is 3.25. The van der Waals surface area contributed by atoms with Gasteiger partial charge in [0, 0.05) is 18.0 Å². The standard InChI is InChI=1S/C20H21N3O4/c1-12(19-10-14-6-4-5-7-17(14)27-19)21-20(25)23-16-11-15(22-13(2)24)8-9-18(16)26-3/h4-12H,1-3H3,(H,22,24)(H2,21,23,25)/t12-/m1/s1. The Morgan fingerprint density at radius 1 is 1.07 bits per heavy atom. The van der Waals surface area contributed by atoms with Gasteiger partial charge >= 0.3 is 6.03 Å². The summed E-state index contributed by atoms with van der Waals surface area (Å²) >= 11 is 0. The molecule has 0 saturated carbocycles. The van der Waals surface area contributed by atoms with Crippen molar-refractivity contribution in [2.45, 2.75) is 19.9 Å². The number of ether oxygens (including phenoxy) is 1. The fourth-order valence-electron chi connectivity index (χ4n) is 2.73. The highest BCUT2D eigenvalue weighted by atomic mass is 16.5. The van der Waals surface area contributed by atoms with Crippen LogP contribution in [-0.2, 0) is 4.79 Å². The summed E-state index contributed by atoms with van der Waals surface area (Å²) in [6.07, 6.45) is 0. The number of carbonyl (C=O) groups excluding carboxylic acids is 2. The first-order chi connectivity index (χ1) is 13.0. The molecule has 0 spiro atoms. The zero-order chi connectivity index (χ0) is 19.4. The molecular weight excluding hydrogens is 346 g/mol. The summed E-state index contributed by atoms with van der Waals surface area (Å²) in [5.74, 6) is 0.940. The molecule has 0 radical (unpaired) electrons. The van der Waals surface area contributed by atoms with E-state index in [1.54, 1.807) is 18.2 Å². The molecule has 7 heteroatoms. The van der Waals surface area contributed by atoms with E-state index >= 15 is 0 Å². The van der Waals surface area contributed by atoms with Crippen LogP contribution in [0.15, 0.2) is 52.9 Å². The molecule has 3 aromatic rings. The Bertz CT molecular complexity index is 947. The first-order valence-electron chi connectivity index (χ1n) is 8.48. The lowest BCUT2D eigenvalue weighted by molar-refractivity contribution is -0.114. The summed E-state index contributed by atoms with van der Waals surface area (Å²) in [5.41, 5.74) is 1.77. The first kappa shape index (κ1) is 18.3. The maximum Gasteiger partial charge on any atom is 0.319 e. The van der Waals surface area contributed by atoms with E-state index in [0.717, 1.165) is 11.0 Å². The predicted molar refractivity (Wildman–Crippen MR) is 104 cm³/mol. The molecule has 0 unspecified atom stereocenters. The van der Waals surface area contributed by atoms with Crippen molar-refractivity contribution in [2.75, 3.05) is 17.7 Å². The van der Waals surface area contributed by atoms with Gasteiger partial charge in [-0.3, -0.25) is 4.79 Å². The predicted octanol–water partition coefficient (Wildman–Crippen LogP) is 4.28. The quantitative estimate of drug-likeness (QED) is 0.627. The molecule has 0 aliphatic rings. The van der Waals surface area contributed by atoms with E-state index in [1.165, 1.54) is 14.0 Å². The van der Waals surface area contributed by atoms with Crippen LogP contribution in [0.2, 0.25) is 0 Å². The largest absolute Gasteiger partial charge is 0.495 e. The molecule has 2 aromatic carbocycles. The molecule has 0 bridgehead atoms. The lowest BCUT2D eigenvalue weighted by atomic mass is 10.2. The molecule has 3 rings (SSSR count). The van der Waals surface area contributed by atoms with Gasteiger partial charge in [-0.25, -0.2) is 4.79 Å². The summed E-state index contributed by atoms with van der Waals surface area (Å²) < 4.78 is 11.0. The lowest BCUT2D eigenvalue weighted by Crippen LogP contribution is -2.31. The molecule has 140 valence electrons.